The molecule has 34 heavy (non-hydrogen) atoms. The van der Waals surface area contributed by atoms with Crippen LogP contribution in [0.4, 0.5) is 0 Å². The van der Waals surface area contributed by atoms with E-state index in [1.165, 1.54) is 0 Å². The third-order valence-electron chi connectivity index (χ3n) is 5.87. The van der Waals surface area contributed by atoms with E-state index in [4.69, 9.17) is 9.47 Å². The maximum absolute atomic E-state index is 13.1. The molecule has 0 saturated carbocycles. The summed E-state index contributed by atoms with van der Waals surface area (Å²) in [5.74, 6) is 0.0639. The quantitative estimate of drug-likeness (QED) is 0.258. The van der Waals surface area contributed by atoms with E-state index in [9.17, 15) is 14.7 Å². The number of aryl methyl sites for hydroxylation is 1. The molecule has 1 N–H and O–H groups in total. The SMILES string of the molecule is CCCCN1C(=O)C(=O)/C(=C(\O)c2ccc(OCCC)c(C)c2)C1c1ccc(OCCC)cc1. The van der Waals surface area contributed by atoms with Crippen molar-refractivity contribution in [3.05, 3.63) is 64.7 Å². The van der Waals surface area contributed by atoms with Gasteiger partial charge in [0.2, 0.25) is 0 Å². The number of aliphatic hydroxyl groups is 1. The molecule has 1 amide bonds. The van der Waals surface area contributed by atoms with Crippen LogP contribution < -0.4 is 9.47 Å². The van der Waals surface area contributed by atoms with E-state index in [1.807, 2.05) is 52.0 Å². The van der Waals surface area contributed by atoms with Gasteiger partial charge < -0.3 is 19.5 Å². The molecule has 1 aliphatic heterocycles. The maximum Gasteiger partial charge on any atom is 0.295 e. The molecule has 0 aliphatic carbocycles. The van der Waals surface area contributed by atoms with Gasteiger partial charge in [-0.2, -0.15) is 0 Å². The number of Topliss-reactive ketones (excluding diaryl/α,β-unsaturated/α-hetero) is 1. The van der Waals surface area contributed by atoms with Crippen molar-refractivity contribution in [2.24, 2.45) is 0 Å². The van der Waals surface area contributed by atoms with E-state index < -0.39 is 17.7 Å². The zero-order valence-corrected chi connectivity index (χ0v) is 20.6. The summed E-state index contributed by atoms with van der Waals surface area (Å²) in [5.41, 5.74) is 2.22. The highest BCUT2D eigenvalue weighted by Crippen LogP contribution is 2.40. The van der Waals surface area contributed by atoms with Crippen LogP contribution in [0.5, 0.6) is 11.5 Å². The average Bonchev–Trinajstić information content (AvgIpc) is 3.10. The lowest BCUT2D eigenvalue weighted by atomic mass is 9.94. The van der Waals surface area contributed by atoms with Crippen molar-refractivity contribution in [1.29, 1.82) is 0 Å². The van der Waals surface area contributed by atoms with Gasteiger partial charge in [0.05, 0.1) is 24.8 Å². The Morgan fingerprint density at radius 2 is 1.62 bits per heavy atom. The van der Waals surface area contributed by atoms with Crippen molar-refractivity contribution in [3.63, 3.8) is 0 Å². The van der Waals surface area contributed by atoms with Crippen LogP contribution in [0.2, 0.25) is 0 Å². The number of rotatable bonds is 11. The number of amides is 1. The molecule has 1 fully saturated rings. The van der Waals surface area contributed by atoms with Crippen molar-refractivity contribution in [2.75, 3.05) is 19.8 Å². The van der Waals surface area contributed by atoms with E-state index in [0.29, 0.717) is 25.3 Å². The average molecular weight is 466 g/mol. The summed E-state index contributed by atoms with van der Waals surface area (Å²) >= 11 is 0. The number of ether oxygens (including phenoxy) is 2. The minimum Gasteiger partial charge on any atom is -0.507 e. The minimum atomic E-state index is -0.658. The molecule has 1 unspecified atom stereocenters. The molecule has 6 heteroatoms. The monoisotopic (exact) mass is 465 g/mol. The predicted molar refractivity (Wildman–Crippen MR) is 133 cm³/mol. The molecule has 3 rings (SSSR count). The van der Waals surface area contributed by atoms with Crippen LogP contribution in [0.3, 0.4) is 0 Å². The van der Waals surface area contributed by atoms with Crippen LogP contribution in [-0.2, 0) is 9.59 Å². The van der Waals surface area contributed by atoms with Crippen LogP contribution in [0, 0.1) is 6.92 Å². The Morgan fingerprint density at radius 3 is 2.24 bits per heavy atom. The highest BCUT2D eigenvalue weighted by atomic mass is 16.5. The summed E-state index contributed by atoms with van der Waals surface area (Å²) in [6, 6.07) is 12.1. The number of nitrogens with zero attached hydrogens (tertiary/aromatic N) is 1. The van der Waals surface area contributed by atoms with Gasteiger partial charge in [-0.3, -0.25) is 9.59 Å². The predicted octanol–water partition coefficient (Wildman–Crippen LogP) is 5.79. The topological polar surface area (TPSA) is 76.1 Å². The Balaban J connectivity index is 2.05. The van der Waals surface area contributed by atoms with Crippen molar-refractivity contribution in [3.8, 4) is 11.5 Å². The first-order chi connectivity index (χ1) is 16.4. The van der Waals surface area contributed by atoms with E-state index in [2.05, 4.69) is 0 Å². The van der Waals surface area contributed by atoms with Crippen molar-refractivity contribution in [2.45, 2.75) is 59.4 Å². The zero-order valence-electron chi connectivity index (χ0n) is 20.6. The number of benzene rings is 2. The molecule has 1 saturated heterocycles. The van der Waals surface area contributed by atoms with Crippen LogP contribution in [0.1, 0.15) is 69.2 Å². The van der Waals surface area contributed by atoms with Crippen molar-refractivity contribution >= 4 is 17.4 Å². The van der Waals surface area contributed by atoms with Gasteiger partial charge >= 0.3 is 0 Å². The second kappa shape index (κ2) is 11.7. The van der Waals surface area contributed by atoms with Gasteiger partial charge in [-0.15, -0.1) is 0 Å². The molecule has 2 aromatic rings. The molecule has 2 aromatic carbocycles. The van der Waals surface area contributed by atoms with Crippen LogP contribution in [0.15, 0.2) is 48.0 Å². The number of hydrogen-bond donors (Lipinski definition) is 1. The first kappa shape index (κ1) is 25.3. The first-order valence-corrected chi connectivity index (χ1v) is 12.2. The second-order valence-corrected chi connectivity index (χ2v) is 8.59. The summed E-state index contributed by atoms with van der Waals surface area (Å²) in [4.78, 5) is 27.7. The summed E-state index contributed by atoms with van der Waals surface area (Å²) < 4.78 is 11.4. The number of likely N-dealkylation sites (tertiary alicyclic amines) is 1. The third kappa shape index (κ3) is 5.44. The van der Waals surface area contributed by atoms with Gasteiger partial charge in [-0.25, -0.2) is 0 Å². The molecule has 6 nitrogen and oxygen atoms in total. The van der Waals surface area contributed by atoms with Crippen LogP contribution >= 0.6 is 0 Å². The maximum atomic E-state index is 13.1. The minimum absolute atomic E-state index is 0.116. The third-order valence-corrected chi connectivity index (χ3v) is 5.87. The Labute approximate surface area is 202 Å². The Hall–Kier alpha value is -3.28. The van der Waals surface area contributed by atoms with Crippen molar-refractivity contribution < 1.29 is 24.2 Å². The summed E-state index contributed by atoms with van der Waals surface area (Å²) in [7, 11) is 0. The molecule has 182 valence electrons. The molecule has 1 atom stereocenters. The zero-order chi connectivity index (χ0) is 24.7. The first-order valence-electron chi connectivity index (χ1n) is 12.2. The normalized spacial score (nSPS) is 17.3. The number of aliphatic hydroxyl groups excluding tert-OH is 1. The fraction of sp³-hybridized carbons (Fsp3) is 0.429. The Kier molecular flexibility index (Phi) is 8.74. The van der Waals surface area contributed by atoms with Gasteiger partial charge in [0.15, 0.2) is 0 Å². The smallest absolute Gasteiger partial charge is 0.295 e. The van der Waals surface area contributed by atoms with E-state index >= 15 is 0 Å². The number of carbonyl (C=O) groups is 2. The highest BCUT2D eigenvalue weighted by molar-refractivity contribution is 6.46. The van der Waals surface area contributed by atoms with Gasteiger partial charge in [0.25, 0.3) is 11.7 Å². The lowest BCUT2D eigenvalue weighted by molar-refractivity contribution is -0.139. The molecular weight excluding hydrogens is 430 g/mol. The van der Waals surface area contributed by atoms with Crippen LogP contribution in [0.25, 0.3) is 5.76 Å². The molecule has 1 heterocycles. The fourth-order valence-electron chi connectivity index (χ4n) is 4.08. The second-order valence-electron chi connectivity index (χ2n) is 8.59. The lowest BCUT2D eigenvalue weighted by Crippen LogP contribution is -2.30. The molecule has 0 aromatic heterocycles. The molecule has 1 aliphatic rings. The van der Waals surface area contributed by atoms with Gasteiger partial charge in [-0.05, 0) is 67.6 Å². The number of unbranched alkanes of at least 4 members (excludes halogenated alkanes) is 1. The summed E-state index contributed by atoms with van der Waals surface area (Å²) in [6.45, 7) is 9.68. The highest BCUT2D eigenvalue weighted by Gasteiger charge is 2.45. The summed E-state index contributed by atoms with van der Waals surface area (Å²) in [5, 5.41) is 11.3. The van der Waals surface area contributed by atoms with Gasteiger partial charge in [-0.1, -0.05) is 39.3 Å². The summed E-state index contributed by atoms with van der Waals surface area (Å²) in [6.07, 6.45) is 3.45. The molecule has 0 bridgehead atoms. The number of hydrogen-bond acceptors (Lipinski definition) is 5. The fourth-order valence-corrected chi connectivity index (χ4v) is 4.08. The van der Waals surface area contributed by atoms with E-state index in [0.717, 1.165) is 48.3 Å². The lowest BCUT2D eigenvalue weighted by Gasteiger charge is -2.25. The standard InChI is InChI=1S/C28H35NO5/c1-5-8-15-29-25(20-9-12-22(13-10-20)33-16-6-2)24(27(31)28(29)32)26(30)21-11-14-23(19(4)18-21)34-17-7-3/h9-14,18,25,30H,5-8,15-17H2,1-4H3/b26-24-. The molecule has 0 spiro atoms. The molecule has 0 radical (unpaired) electrons. The Morgan fingerprint density at radius 1 is 0.941 bits per heavy atom. The van der Waals surface area contributed by atoms with E-state index in [1.54, 1.807) is 23.1 Å². The Bertz CT molecular complexity index is 1040. The number of carbonyl (C=O) groups excluding carboxylic acids is 2. The largest absolute Gasteiger partial charge is 0.507 e. The van der Waals surface area contributed by atoms with Crippen LogP contribution in [-0.4, -0.2) is 41.5 Å². The van der Waals surface area contributed by atoms with Gasteiger partial charge in [0.1, 0.15) is 17.3 Å². The molecular formula is C28H35NO5. The number of ketones is 1. The van der Waals surface area contributed by atoms with E-state index in [-0.39, 0.29) is 11.3 Å². The van der Waals surface area contributed by atoms with Crippen molar-refractivity contribution in [1.82, 2.24) is 4.90 Å². The van der Waals surface area contributed by atoms with Gasteiger partial charge in [0, 0.05) is 12.1 Å².